The Labute approximate surface area is 160 Å². The number of carbonyl (C=O) groups is 1. The van der Waals surface area contributed by atoms with Gasteiger partial charge in [-0.25, -0.2) is 0 Å². The summed E-state index contributed by atoms with van der Waals surface area (Å²) in [5.74, 6) is 0.336. The number of piperidine rings is 1. The molecular weight excluding hydrogens is 338 g/mol. The molecule has 1 atom stereocenters. The van der Waals surface area contributed by atoms with Crippen LogP contribution in [0.5, 0.6) is 0 Å². The molecule has 4 heteroatoms. The van der Waals surface area contributed by atoms with E-state index in [1.165, 1.54) is 5.56 Å². The zero-order chi connectivity index (χ0) is 18.5. The van der Waals surface area contributed by atoms with Crippen LogP contribution in [0.1, 0.15) is 18.4 Å². The van der Waals surface area contributed by atoms with E-state index in [1.54, 1.807) is 6.08 Å². The first-order valence-electron chi connectivity index (χ1n) is 9.65. The van der Waals surface area contributed by atoms with Crippen LogP contribution < -0.4 is 0 Å². The van der Waals surface area contributed by atoms with Crippen LogP contribution >= 0.6 is 0 Å². The molecule has 2 aromatic rings. The van der Waals surface area contributed by atoms with E-state index in [1.807, 2.05) is 41.3 Å². The van der Waals surface area contributed by atoms with Crippen molar-refractivity contribution in [2.45, 2.75) is 19.1 Å². The molecule has 0 N–H and O–H groups in total. The quantitative estimate of drug-likeness (QED) is 0.772. The average Bonchev–Trinajstić information content (AvgIpc) is 3.28. The number of hydrogen-bond acceptors (Lipinski definition) is 3. The van der Waals surface area contributed by atoms with Crippen molar-refractivity contribution in [1.82, 2.24) is 4.90 Å². The molecule has 2 aliphatic rings. The van der Waals surface area contributed by atoms with Crippen molar-refractivity contribution in [3.05, 3.63) is 66.2 Å². The van der Waals surface area contributed by atoms with Gasteiger partial charge in [-0.3, -0.25) is 4.79 Å². The fourth-order valence-corrected chi connectivity index (χ4v) is 3.81. The summed E-state index contributed by atoms with van der Waals surface area (Å²) in [7, 11) is 0. The van der Waals surface area contributed by atoms with Crippen molar-refractivity contribution >= 4 is 12.0 Å². The van der Waals surface area contributed by atoms with E-state index < -0.39 is 0 Å². The van der Waals surface area contributed by atoms with Crippen molar-refractivity contribution in [1.29, 1.82) is 0 Å². The predicted octanol–water partition coefficient (Wildman–Crippen LogP) is 3.98. The van der Waals surface area contributed by atoms with Crippen LogP contribution in [0.25, 0.3) is 17.2 Å². The van der Waals surface area contributed by atoms with Crippen molar-refractivity contribution < 1.29 is 14.3 Å². The summed E-state index contributed by atoms with van der Waals surface area (Å²) in [5.41, 5.74) is 3.36. The molecule has 140 valence electrons. The summed E-state index contributed by atoms with van der Waals surface area (Å²) in [4.78, 5) is 14.6. The van der Waals surface area contributed by atoms with Gasteiger partial charge in [0.1, 0.15) is 0 Å². The normalized spacial score (nSPS) is 21.0. The molecule has 2 aliphatic heterocycles. The van der Waals surface area contributed by atoms with E-state index in [4.69, 9.17) is 9.47 Å². The van der Waals surface area contributed by atoms with Gasteiger partial charge in [-0.05, 0) is 41.7 Å². The molecule has 0 spiro atoms. The third-order valence-corrected chi connectivity index (χ3v) is 5.21. The predicted molar refractivity (Wildman–Crippen MR) is 106 cm³/mol. The maximum absolute atomic E-state index is 12.6. The van der Waals surface area contributed by atoms with Gasteiger partial charge in [-0.15, -0.1) is 0 Å². The van der Waals surface area contributed by atoms with Crippen LogP contribution in [0.2, 0.25) is 0 Å². The van der Waals surface area contributed by atoms with Crippen molar-refractivity contribution in [3.8, 4) is 11.1 Å². The van der Waals surface area contributed by atoms with Gasteiger partial charge in [-0.2, -0.15) is 0 Å². The van der Waals surface area contributed by atoms with E-state index in [0.29, 0.717) is 19.8 Å². The highest BCUT2D eigenvalue weighted by Gasteiger charge is 2.32. The van der Waals surface area contributed by atoms with Gasteiger partial charge in [0.25, 0.3) is 0 Å². The van der Waals surface area contributed by atoms with Crippen LogP contribution in [0, 0.1) is 5.92 Å². The molecule has 0 radical (unpaired) electrons. The van der Waals surface area contributed by atoms with Crippen LogP contribution in [0.3, 0.4) is 0 Å². The van der Waals surface area contributed by atoms with Crippen molar-refractivity contribution in [3.63, 3.8) is 0 Å². The second kappa shape index (κ2) is 8.51. The minimum absolute atomic E-state index is 0.0582. The molecule has 0 saturated carbocycles. The Morgan fingerprint density at radius 2 is 1.78 bits per heavy atom. The first-order valence-corrected chi connectivity index (χ1v) is 9.65. The number of rotatable bonds is 4. The third kappa shape index (κ3) is 4.46. The lowest BCUT2D eigenvalue weighted by molar-refractivity contribution is -0.134. The maximum Gasteiger partial charge on any atom is 0.246 e. The maximum atomic E-state index is 12.6. The van der Waals surface area contributed by atoms with Crippen molar-refractivity contribution in [2.75, 3.05) is 26.3 Å². The number of benzene rings is 2. The third-order valence-electron chi connectivity index (χ3n) is 5.21. The van der Waals surface area contributed by atoms with E-state index >= 15 is 0 Å². The highest BCUT2D eigenvalue weighted by molar-refractivity contribution is 5.92. The summed E-state index contributed by atoms with van der Waals surface area (Å²) < 4.78 is 11.3. The molecule has 27 heavy (non-hydrogen) atoms. The zero-order valence-corrected chi connectivity index (χ0v) is 15.4. The summed E-state index contributed by atoms with van der Waals surface area (Å²) >= 11 is 0. The number of likely N-dealkylation sites (tertiary alicyclic amines) is 1. The van der Waals surface area contributed by atoms with Crippen LogP contribution in [0.15, 0.2) is 60.7 Å². The van der Waals surface area contributed by atoms with Crippen molar-refractivity contribution in [2.24, 2.45) is 5.92 Å². The fourth-order valence-electron chi connectivity index (χ4n) is 3.81. The first-order chi connectivity index (χ1) is 13.3. The monoisotopic (exact) mass is 363 g/mol. The van der Waals surface area contributed by atoms with Gasteiger partial charge in [0.05, 0.1) is 13.2 Å². The highest BCUT2D eigenvalue weighted by Crippen LogP contribution is 2.25. The van der Waals surface area contributed by atoms with Gasteiger partial charge in [0.15, 0.2) is 6.29 Å². The SMILES string of the molecule is O=C(/C=C/c1cccc(-c2ccccc2)c1)N1CCCC(C2OCCO2)C1. The topological polar surface area (TPSA) is 38.8 Å². The number of amides is 1. The van der Waals surface area contributed by atoms with Gasteiger partial charge in [0, 0.05) is 25.1 Å². The molecule has 1 unspecified atom stereocenters. The lowest BCUT2D eigenvalue weighted by atomic mass is 9.97. The Morgan fingerprint density at radius 3 is 2.59 bits per heavy atom. The fraction of sp³-hybridized carbons (Fsp3) is 0.348. The lowest BCUT2D eigenvalue weighted by Gasteiger charge is -2.34. The van der Waals surface area contributed by atoms with Gasteiger partial charge in [-0.1, -0.05) is 48.5 Å². The van der Waals surface area contributed by atoms with Crippen LogP contribution in [0.4, 0.5) is 0 Å². The largest absolute Gasteiger partial charge is 0.350 e. The molecule has 0 aliphatic carbocycles. The smallest absolute Gasteiger partial charge is 0.246 e. The molecule has 0 bridgehead atoms. The Balaban J connectivity index is 1.41. The summed E-state index contributed by atoms with van der Waals surface area (Å²) in [6, 6.07) is 18.5. The van der Waals surface area contributed by atoms with E-state index in [0.717, 1.165) is 30.5 Å². The second-order valence-corrected chi connectivity index (χ2v) is 7.12. The molecule has 2 heterocycles. The summed E-state index contributed by atoms with van der Waals surface area (Å²) in [5, 5.41) is 0. The number of nitrogens with zero attached hydrogens (tertiary/aromatic N) is 1. The van der Waals surface area contributed by atoms with Gasteiger partial charge >= 0.3 is 0 Å². The number of ether oxygens (including phenoxy) is 2. The Morgan fingerprint density at radius 1 is 1.00 bits per heavy atom. The highest BCUT2D eigenvalue weighted by atomic mass is 16.7. The number of hydrogen-bond donors (Lipinski definition) is 0. The molecule has 4 nitrogen and oxygen atoms in total. The summed E-state index contributed by atoms with van der Waals surface area (Å²) in [6.45, 7) is 2.83. The van der Waals surface area contributed by atoms with E-state index in [2.05, 4.69) is 24.3 Å². The molecule has 2 aromatic carbocycles. The lowest BCUT2D eigenvalue weighted by Crippen LogP contribution is -2.43. The van der Waals surface area contributed by atoms with Gasteiger partial charge in [0.2, 0.25) is 5.91 Å². The minimum atomic E-state index is -0.146. The Hall–Kier alpha value is -2.43. The van der Waals surface area contributed by atoms with E-state index in [-0.39, 0.29) is 18.1 Å². The first kappa shape index (κ1) is 18.0. The molecule has 4 rings (SSSR count). The van der Waals surface area contributed by atoms with Crippen LogP contribution in [-0.2, 0) is 14.3 Å². The summed E-state index contributed by atoms with van der Waals surface area (Å²) in [6.07, 6.45) is 5.49. The molecule has 2 saturated heterocycles. The Bertz CT molecular complexity index is 796. The second-order valence-electron chi connectivity index (χ2n) is 7.12. The molecule has 0 aromatic heterocycles. The molecule has 1 amide bonds. The molecular formula is C23H25NO3. The average molecular weight is 363 g/mol. The molecule has 2 fully saturated rings. The zero-order valence-electron chi connectivity index (χ0n) is 15.4. The van der Waals surface area contributed by atoms with Crippen LogP contribution in [-0.4, -0.2) is 43.4 Å². The number of carbonyl (C=O) groups excluding carboxylic acids is 1. The van der Waals surface area contributed by atoms with Gasteiger partial charge < -0.3 is 14.4 Å². The standard InChI is InChI=1S/C23H25NO3/c25-22(24-13-5-10-21(17-24)23-26-14-15-27-23)12-11-18-6-4-9-20(16-18)19-7-2-1-3-8-19/h1-4,6-9,11-12,16,21,23H,5,10,13-15,17H2/b12-11+. The Kier molecular flexibility index (Phi) is 5.66. The van der Waals surface area contributed by atoms with E-state index in [9.17, 15) is 4.79 Å². The minimum Gasteiger partial charge on any atom is -0.350 e.